The predicted molar refractivity (Wildman–Crippen MR) is 107 cm³/mol. The summed E-state index contributed by atoms with van der Waals surface area (Å²) in [6, 6.07) is 8.58. The molecule has 3 heterocycles. The molecule has 2 aliphatic rings. The number of benzene rings is 1. The van der Waals surface area contributed by atoms with Crippen LogP contribution in [0.25, 0.3) is 0 Å². The molecular weight excluding hydrogens is 352 g/mol. The zero-order valence-corrected chi connectivity index (χ0v) is 16.6. The molecule has 1 aromatic carbocycles. The van der Waals surface area contributed by atoms with Gasteiger partial charge in [0.2, 0.25) is 5.91 Å². The Kier molecular flexibility index (Phi) is 4.96. The zero-order valence-electron chi connectivity index (χ0n) is 16.6. The maximum absolute atomic E-state index is 13.4. The summed E-state index contributed by atoms with van der Waals surface area (Å²) in [6.07, 6.45) is 5.65. The molecule has 1 spiro atoms. The number of aromatic amines is 1. The second kappa shape index (κ2) is 7.41. The lowest BCUT2D eigenvalue weighted by atomic mass is 9.78. The summed E-state index contributed by atoms with van der Waals surface area (Å²) in [5.74, 6) is 0.640. The number of H-pyrrole nitrogens is 1. The highest BCUT2D eigenvalue weighted by atomic mass is 16.2. The molecule has 0 bridgehead atoms. The second-order valence-electron chi connectivity index (χ2n) is 8.45. The standard InChI is InChI=1S/C22H28N4O2/c1-16(2)18-6-4-17(5-7-18)13-25-10-3-8-22(21(25)28)9-11-26(14-22)20(27)19-12-23-15-24-19/h4-7,12,15-16H,3,8-11,13-14H2,1-2H3,(H,23,24)/t22-/m0/s1. The lowest BCUT2D eigenvalue weighted by Crippen LogP contribution is -2.50. The Bertz CT molecular complexity index is 844. The maximum Gasteiger partial charge on any atom is 0.271 e. The van der Waals surface area contributed by atoms with Crippen LogP contribution in [0.1, 0.15) is 60.6 Å². The van der Waals surface area contributed by atoms with Gasteiger partial charge in [0.25, 0.3) is 5.91 Å². The van der Waals surface area contributed by atoms with Crippen LogP contribution in [-0.4, -0.2) is 51.2 Å². The number of aromatic nitrogens is 2. The van der Waals surface area contributed by atoms with Gasteiger partial charge in [-0.05, 0) is 36.3 Å². The van der Waals surface area contributed by atoms with E-state index in [9.17, 15) is 9.59 Å². The molecule has 1 aromatic heterocycles. The molecule has 148 valence electrons. The van der Waals surface area contributed by atoms with Gasteiger partial charge in [-0.15, -0.1) is 0 Å². The van der Waals surface area contributed by atoms with Crippen molar-refractivity contribution in [1.82, 2.24) is 19.8 Å². The number of carbonyl (C=O) groups excluding carboxylic acids is 2. The fourth-order valence-corrected chi connectivity index (χ4v) is 4.50. The number of amides is 2. The Balaban J connectivity index is 1.45. The molecule has 2 aromatic rings. The first kappa shape index (κ1) is 18.7. The summed E-state index contributed by atoms with van der Waals surface area (Å²) < 4.78 is 0. The van der Waals surface area contributed by atoms with Crippen molar-refractivity contribution in [2.45, 2.75) is 45.6 Å². The lowest BCUT2D eigenvalue weighted by molar-refractivity contribution is -0.146. The lowest BCUT2D eigenvalue weighted by Gasteiger charge is -2.39. The van der Waals surface area contributed by atoms with Crippen LogP contribution in [0.2, 0.25) is 0 Å². The van der Waals surface area contributed by atoms with E-state index >= 15 is 0 Å². The van der Waals surface area contributed by atoms with E-state index in [0.717, 1.165) is 31.4 Å². The van der Waals surface area contributed by atoms with E-state index in [2.05, 4.69) is 48.1 Å². The van der Waals surface area contributed by atoms with Gasteiger partial charge in [-0.2, -0.15) is 0 Å². The van der Waals surface area contributed by atoms with E-state index in [4.69, 9.17) is 0 Å². The molecule has 0 aliphatic carbocycles. The molecule has 28 heavy (non-hydrogen) atoms. The smallest absolute Gasteiger partial charge is 0.271 e. The molecule has 0 radical (unpaired) electrons. The highest BCUT2D eigenvalue weighted by Gasteiger charge is 2.49. The van der Waals surface area contributed by atoms with E-state index in [1.165, 1.54) is 11.9 Å². The van der Waals surface area contributed by atoms with E-state index in [-0.39, 0.29) is 11.8 Å². The van der Waals surface area contributed by atoms with Crippen LogP contribution in [0.15, 0.2) is 36.8 Å². The Hall–Kier alpha value is -2.63. The SMILES string of the molecule is CC(C)c1ccc(CN2CCC[C@@]3(CCN(C(=O)c4cnc[nH]4)C3)C2=O)cc1. The molecule has 2 fully saturated rings. The number of imidazole rings is 1. The molecule has 2 aliphatic heterocycles. The van der Waals surface area contributed by atoms with Crippen molar-refractivity contribution in [2.24, 2.45) is 5.41 Å². The van der Waals surface area contributed by atoms with Crippen LogP contribution in [0, 0.1) is 5.41 Å². The summed E-state index contributed by atoms with van der Waals surface area (Å²) >= 11 is 0. The van der Waals surface area contributed by atoms with Crippen LogP contribution >= 0.6 is 0 Å². The van der Waals surface area contributed by atoms with Crippen molar-refractivity contribution < 1.29 is 9.59 Å². The van der Waals surface area contributed by atoms with Gasteiger partial charge < -0.3 is 14.8 Å². The average Bonchev–Trinajstić information content (AvgIpc) is 3.37. The van der Waals surface area contributed by atoms with E-state index in [0.29, 0.717) is 31.2 Å². The van der Waals surface area contributed by atoms with Gasteiger partial charge in [-0.25, -0.2) is 4.98 Å². The molecule has 4 rings (SSSR count). The molecule has 1 N–H and O–H groups in total. The Labute approximate surface area is 165 Å². The first-order valence-corrected chi connectivity index (χ1v) is 10.1. The van der Waals surface area contributed by atoms with Gasteiger partial charge >= 0.3 is 0 Å². The molecule has 0 unspecified atom stereocenters. The predicted octanol–water partition coefficient (Wildman–Crippen LogP) is 3.19. The number of nitrogens with zero attached hydrogens (tertiary/aromatic N) is 3. The normalized spacial score (nSPS) is 22.5. The molecule has 6 nitrogen and oxygen atoms in total. The first-order valence-electron chi connectivity index (χ1n) is 10.1. The fourth-order valence-electron chi connectivity index (χ4n) is 4.50. The minimum Gasteiger partial charge on any atom is -0.341 e. The minimum absolute atomic E-state index is 0.0661. The minimum atomic E-state index is -0.425. The van der Waals surface area contributed by atoms with Gasteiger partial charge in [0.05, 0.1) is 17.9 Å². The van der Waals surface area contributed by atoms with Gasteiger partial charge in [-0.1, -0.05) is 38.1 Å². The summed E-state index contributed by atoms with van der Waals surface area (Å²) in [6.45, 7) is 6.94. The Morgan fingerprint density at radius 1 is 1.21 bits per heavy atom. The highest BCUT2D eigenvalue weighted by molar-refractivity contribution is 5.93. The highest BCUT2D eigenvalue weighted by Crippen LogP contribution is 2.40. The number of carbonyl (C=O) groups is 2. The van der Waals surface area contributed by atoms with E-state index < -0.39 is 5.41 Å². The summed E-state index contributed by atoms with van der Waals surface area (Å²) in [5.41, 5.74) is 2.54. The third-order valence-electron chi connectivity index (χ3n) is 6.21. The van der Waals surface area contributed by atoms with Crippen LogP contribution in [0.3, 0.4) is 0 Å². The third-order valence-corrected chi connectivity index (χ3v) is 6.21. The van der Waals surface area contributed by atoms with Crippen molar-refractivity contribution in [1.29, 1.82) is 0 Å². The number of hydrogen-bond acceptors (Lipinski definition) is 3. The van der Waals surface area contributed by atoms with Crippen molar-refractivity contribution in [2.75, 3.05) is 19.6 Å². The van der Waals surface area contributed by atoms with Gasteiger partial charge in [0.1, 0.15) is 5.69 Å². The number of hydrogen-bond donors (Lipinski definition) is 1. The van der Waals surface area contributed by atoms with Gasteiger partial charge in [0, 0.05) is 26.2 Å². The second-order valence-corrected chi connectivity index (χ2v) is 8.45. The summed E-state index contributed by atoms with van der Waals surface area (Å²) in [5, 5.41) is 0. The summed E-state index contributed by atoms with van der Waals surface area (Å²) in [7, 11) is 0. The summed E-state index contributed by atoms with van der Waals surface area (Å²) in [4.78, 5) is 36.6. The Morgan fingerprint density at radius 3 is 2.68 bits per heavy atom. The molecular formula is C22H28N4O2. The topological polar surface area (TPSA) is 69.3 Å². The Morgan fingerprint density at radius 2 is 2.00 bits per heavy atom. The van der Waals surface area contributed by atoms with Gasteiger partial charge in [-0.3, -0.25) is 9.59 Å². The fraction of sp³-hybridized carbons (Fsp3) is 0.500. The van der Waals surface area contributed by atoms with E-state index in [1.54, 1.807) is 11.1 Å². The molecule has 0 saturated carbocycles. The monoisotopic (exact) mass is 380 g/mol. The van der Waals surface area contributed by atoms with Crippen molar-refractivity contribution in [3.05, 3.63) is 53.6 Å². The van der Waals surface area contributed by atoms with Crippen molar-refractivity contribution >= 4 is 11.8 Å². The van der Waals surface area contributed by atoms with Crippen LogP contribution < -0.4 is 0 Å². The number of likely N-dealkylation sites (tertiary alicyclic amines) is 2. The number of rotatable bonds is 4. The van der Waals surface area contributed by atoms with Gasteiger partial charge in [0.15, 0.2) is 0 Å². The van der Waals surface area contributed by atoms with Crippen molar-refractivity contribution in [3.63, 3.8) is 0 Å². The van der Waals surface area contributed by atoms with Crippen LogP contribution in [0.4, 0.5) is 0 Å². The average molecular weight is 380 g/mol. The van der Waals surface area contributed by atoms with Crippen molar-refractivity contribution in [3.8, 4) is 0 Å². The molecule has 2 saturated heterocycles. The largest absolute Gasteiger partial charge is 0.341 e. The van der Waals surface area contributed by atoms with E-state index in [1.807, 2.05) is 4.90 Å². The van der Waals surface area contributed by atoms with Crippen LogP contribution in [0.5, 0.6) is 0 Å². The maximum atomic E-state index is 13.4. The zero-order chi connectivity index (χ0) is 19.7. The first-order chi connectivity index (χ1) is 13.5. The quantitative estimate of drug-likeness (QED) is 0.886. The van der Waals surface area contributed by atoms with Crippen LogP contribution in [-0.2, 0) is 11.3 Å². The molecule has 1 atom stereocenters. The third kappa shape index (κ3) is 3.43. The number of piperidine rings is 1. The number of nitrogens with one attached hydrogen (secondary N) is 1. The molecule has 2 amide bonds. The molecule has 6 heteroatoms.